The Hall–Kier alpha value is -2.20. The minimum atomic E-state index is -0.428. The smallest absolute Gasteiger partial charge is 0.327 e. The number of carbonyl (C=O) groups is 1. The number of benzene rings is 1. The summed E-state index contributed by atoms with van der Waals surface area (Å²) >= 11 is 0. The summed E-state index contributed by atoms with van der Waals surface area (Å²) in [6, 6.07) is 13.1. The second-order valence-electron chi connectivity index (χ2n) is 4.43. The molecule has 0 radical (unpaired) electrons. The molecule has 0 saturated carbocycles. The van der Waals surface area contributed by atoms with Crippen LogP contribution in [-0.4, -0.2) is 24.6 Å². The molecule has 0 aliphatic rings. The van der Waals surface area contributed by atoms with E-state index >= 15 is 0 Å². The first-order valence-electron chi connectivity index (χ1n) is 6.56. The second-order valence-corrected chi connectivity index (χ2v) is 4.43. The zero-order valence-corrected chi connectivity index (χ0v) is 11.5. The highest BCUT2D eigenvalue weighted by molar-refractivity contribution is 5.77. The van der Waals surface area contributed by atoms with Gasteiger partial charge in [-0.1, -0.05) is 30.3 Å². The summed E-state index contributed by atoms with van der Waals surface area (Å²) in [5.41, 5.74) is 2.10. The van der Waals surface area contributed by atoms with Crippen LogP contribution in [0, 0.1) is 0 Å². The summed E-state index contributed by atoms with van der Waals surface area (Å²) < 4.78 is 4.86. The van der Waals surface area contributed by atoms with Crippen molar-refractivity contribution in [2.45, 2.75) is 12.5 Å². The van der Waals surface area contributed by atoms with Gasteiger partial charge in [0.25, 0.3) is 0 Å². The van der Waals surface area contributed by atoms with E-state index in [1.54, 1.807) is 12.4 Å². The van der Waals surface area contributed by atoms with Crippen molar-refractivity contribution in [1.82, 2.24) is 10.3 Å². The molecule has 0 aliphatic carbocycles. The van der Waals surface area contributed by atoms with Crippen molar-refractivity contribution in [3.05, 3.63) is 66.0 Å². The zero-order chi connectivity index (χ0) is 14.2. The van der Waals surface area contributed by atoms with Crippen molar-refractivity contribution in [2.75, 3.05) is 13.7 Å². The summed E-state index contributed by atoms with van der Waals surface area (Å²) in [5.74, 6) is -0.272. The quantitative estimate of drug-likeness (QED) is 0.817. The fourth-order valence-electron chi connectivity index (χ4n) is 2.01. The van der Waals surface area contributed by atoms with Crippen LogP contribution in [-0.2, 0) is 16.0 Å². The van der Waals surface area contributed by atoms with Crippen LogP contribution in [0.25, 0.3) is 0 Å². The zero-order valence-electron chi connectivity index (χ0n) is 11.5. The molecule has 0 saturated heterocycles. The fourth-order valence-corrected chi connectivity index (χ4v) is 2.01. The standard InChI is InChI=1S/C16H18N2O2/c1-20-16(19)15(14-5-3-2-4-6-14)18-12-9-13-7-10-17-11-8-13/h2-8,10-11,15,18H,9,12H2,1H3. The highest BCUT2D eigenvalue weighted by Crippen LogP contribution is 2.14. The maximum atomic E-state index is 11.9. The molecule has 4 heteroatoms. The summed E-state index contributed by atoms with van der Waals surface area (Å²) in [5, 5.41) is 3.24. The molecule has 2 aromatic rings. The Balaban J connectivity index is 1.97. The number of nitrogens with zero attached hydrogens (tertiary/aromatic N) is 1. The van der Waals surface area contributed by atoms with E-state index in [1.807, 2.05) is 42.5 Å². The number of pyridine rings is 1. The SMILES string of the molecule is COC(=O)C(NCCc1ccncc1)c1ccccc1. The van der Waals surface area contributed by atoms with Gasteiger partial charge >= 0.3 is 5.97 Å². The van der Waals surface area contributed by atoms with Gasteiger partial charge in [-0.2, -0.15) is 0 Å². The number of hydrogen-bond donors (Lipinski definition) is 1. The molecule has 1 unspecified atom stereocenters. The lowest BCUT2D eigenvalue weighted by molar-refractivity contribution is -0.143. The normalized spacial score (nSPS) is 11.8. The van der Waals surface area contributed by atoms with Gasteiger partial charge in [0.1, 0.15) is 6.04 Å². The molecule has 1 N–H and O–H groups in total. The van der Waals surface area contributed by atoms with E-state index < -0.39 is 6.04 Å². The third-order valence-electron chi connectivity index (χ3n) is 3.08. The van der Waals surface area contributed by atoms with Crippen molar-refractivity contribution in [3.8, 4) is 0 Å². The predicted octanol–water partition coefficient (Wildman–Crippen LogP) is 2.13. The van der Waals surface area contributed by atoms with E-state index in [0.717, 1.165) is 12.0 Å². The first-order chi connectivity index (χ1) is 9.81. The van der Waals surface area contributed by atoms with Crippen molar-refractivity contribution >= 4 is 5.97 Å². The van der Waals surface area contributed by atoms with Crippen LogP contribution in [0.3, 0.4) is 0 Å². The van der Waals surface area contributed by atoms with E-state index in [2.05, 4.69) is 10.3 Å². The number of carbonyl (C=O) groups excluding carboxylic acids is 1. The van der Waals surface area contributed by atoms with E-state index in [9.17, 15) is 4.79 Å². The molecular formula is C16H18N2O2. The van der Waals surface area contributed by atoms with Crippen LogP contribution in [0.4, 0.5) is 0 Å². The lowest BCUT2D eigenvalue weighted by atomic mass is 10.1. The Morgan fingerprint density at radius 3 is 2.55 bits per heavy atom. The van der Waals surface area contributed by atoms with Crippen molar-refractivity contribution in [1.29, 1.82) is 0 Å². The Morgan fingerprint density at radius 2 is 1.90 bits per heavy atom. The molecule has 0 bridgehead atoms. The van der Waals surface area contributed by atoms with Gasteiger partial charge in [-0.05, 0) is 29.7 Å². The van der Waals surface area contributed by atoms with Gasteiger partial charge in [-0.25, -0.2) is 4.79 Å². The maximum absolute atomic E-state index is 11.9. The minimum absolute atomic E-state index is 0.272. The third-order valence-corrected chi connectivity index (χ3v) is 3.08. The number of aromatic nitrogens is 1. The monoisotopic (exact) mass is 270 g/mol. The largest absolute Gasteiger partial charge is 0.468 e. The van der Waals surface area contributed by atoms with Crippen molar-refractivity contribution in [3.63, 3.8) is 0 Å². The number of methoxy groups -OCH3 is 1. The molecule has 20 heavy (non-hydrogen) atoms. The van der Waals surface area contributed by atoms with Gasteiger partial charge in [0, 0.05) is 18.9 Å². The van der Waals surface area contributed by atoms with Crippen LogP contribution in [0.1, 0.15) is 17.2 Å². The first kappa shape index (κ1) is 14.2. The average molecular weight is 270 g/mol. The van der Waals surface area contributed by atoms with Gasteiger partial charge in [0.2, 0.25) is 0 Å². The Labute approximate surface area is 118 Å². The molecule has 1 heterocycles. The van der Waals surface area contributed by atoms with E-state index in [-0.39, 0.29) is 5.97 Å². The van der Waals surface area contributed by atoms with Gasteiger partial charge in [0.05, 0.1) is 7.11 Å². The molecule has 0 aliphatic heterocycles. The Kier molecular flexibility index (Phi) is 5.26. The number of hydrogen-bond acceptors (Lipinski definition) is 4. The molecular weight excluding hydrogens is 252 g/mol. The summed E-state index contributed by atoms with van der Waals surface area (Å²) in [7, 11) is 1.41. The second kappa shape index (κ2) is 7.40. The Bertz CT molecular complexity index is 529. The molecule has 4 nitrogen and oxygen atoms in total. The number of rotatable bonds is 6. The molecule has 1 aromatic heterocycles. The fraction of sp³-hybridized carbons (Fsp3) is 0.250. The predicted molar refractivity (Wildman–Crippen MR) is 77.1 cm³/mol. The van der Waals surface area contributed by atoms with Crippen LogP contribution >= 0.6 is 0 Å². The van der Waals surface area contributed by atoms with E-state index in [0.29, 0.717) is 6.54 Å². The lowest BCUT2D eigenvalue weighted by Gasteiger charge is -2.16. The molecule has 1 atom stereocenters. The molecule has 0 amide bonds. The molecule has 0 fully saturated rings. The summed E-state index contributed by atoms with van der Waals surface area (Å²) in [6.45, 7) is 0.693. The van der Waals surface area contributed by atoms with Crippen molar-refractivity contribution in [2.24, 2.45) is 0 Å². The molecule has 0 spiro atoms. The van der Waals surface area contributed by atoms with Gasteiger partial charge in [0.15, 0.2) is 0 Å². The van der Waals surface area contributed by atoms with Crippen LogP contribution in [0.15, 0.2) is 54.9 Å². The molecule has 2 rings (SSSR count). The maximum Gasteiger partial charge on any atom is 0.327 e. The Morgan fingerprint density at radius 1 is 1.20 bits per heavy atom. The van der Waals surface area contributed by atoms with E-state index in [4.69, 9.17) is 4.74 Å². The van der Waals surface area contributed by atoms with Gasteiger partial charge in [-0.3, -0.25) is 4.98 Å². The van der Waals surface area contributed by atoms with Crippen LogP contribution in [0.2, 0.25) is 0 Å². The topological polar surface area (TPSA) is 51.2 Å². The number of ether oxygens (including phenoxy) is 1. The first-order valence-corrected chi connectivity index (χ1v) is 6.56. The highest BCUT2D eigenvalue weighted by atomic mass is 16.5. The number of nitrogens with one attached hydrogen (secondary N) is 1. The van der Waals surface area contributed by atoms with Crippen molar-refractivity contribution < 1.29 is 9.53 Å². The highest BCUT2D eigenvalue weighted by Gasteiger charge is 2.19. The number of esters is 1. The summed E-state index contributed by atoms with van der Waals surface area (Å²) in [4.78, 5) is 15.8. The van der Waals surface area contributed by atoms with Crippen LogP contribution < -0.4 is 5.32 Å². The average Bonchev–Trinajstić information content (AvgIpc) is 2.53. The molecule has 1 aromatic carbocycles. The van der Waals surface area contributed by atoms with Gasteiger partial charge in [-0.15, -0.1) is 0 Å². The van der Waals surface area contributed by atoms with E-state index in [1.165, 1.54) is 12.7 Å². The van der Waals surface area contributed by atoms with Crippen LogP contribution in [0.5, 0.6) is 0 Å². The molecule has 104 valence electrons. The lowest BCUT2D eigenvalue weighted by Crippen LogP contribution is -2.31. The van der Waals surface area contributed by atoms with Gasteiger partial charge < -0.3 is 10.1 Å². The minimum Gasteiger partial charge on any atom is -0.468 e. The third kappa shape index (κ3) is 3.90. The summed E-state index contributed by atoms with van der Waals surface area (Å²) in [6.07, 6.45) is 4.37.